The largest absolute Gasteiger partial charge is 0.328 e. The number of aromatic nitrogens is 1. The van der Waals surface area contributed by atoms with Crippen LogP contribution >= 0.6 is 34.8 Å². The van der Waals surface area contributed by atoms with E-state index in [4.69, 9.17) is 34.8 Å². The molecule has 0 fully saturated rings. The molecule has 154 valence electrons. The fourth-order valence-corrected chi connectivity index (χ4v) is 3.45. The maximum atomic E-state index is 13.4. The van der Waals surface area contributed by atoms with Crippen LogP contribution in [0.3, 0.4) is 0 Å². The molecule has 0 aliphatic heterocycles. The minimum absolute atomic E-state index is 0.147. The molecule has 2 N–H and O–H groups in total. The molecule has 0 saturated carbocycles. The summed E-state index contributed by atoms with van der Waals surface area (Å²) in [7, 11) is 1.30. The summed E-state index contributed by atoms with van der Waals surface area (Å²) in [5, 5.41) is 0.531. The van der Waals surface area contributed by atoms with Crippen molar-refractivity contribution in [3.8, 4) is 0 Å². The molecule has 2 aromatic carbocycles. The minimum atomic E-state index is -0.576. The highest BCUT2D eigenvalue weighted by Gasteiger charge is 2.27. The first-order chi connectivity index (χ1) is 14.3. The Morgan fingerprint density at radius 2 is 1.63 bits per heavy atom. The van der Waals surface area contributed by atoms with Crippen LogP contribution in [0.5, 0.6) is 0 Å². The van der Waals surface area contributed by atoms with Gasteiger partial charge in [-0.3, -0.25) is 24.1 Å². The van der Waals surface area contributed by atoms with E-state index < -0.39 is 11.8 Å². The first-order valence-electron chi connectivity index (χ1n) is 8.43. The van der Waals surface area contributed by atoms with E-state index in [1.807, 2.05) is 0 Å². The number of carbonyl (C=O) groups excluding carboxylic acids is 2. The third-order valence-electron chi connectivity index (χ3n) is 4.04. The van der Waals surface area contributed by atoms with Crippen molar-refractivity contribution in [2.24, 2.45) is 0 Å². The van der Waals surface area contributed by atoms with E-state index in [-0.39, 0.29) is 43.1 Å². The van der Waals surface area contributed by atoms with Crippen LogP contribution in [0.15, 0.2) is 59.5 Å². The van der Waals surface area contributed by atoms with Crippen LogP contribution in [-0.2, 0) is 4.84 Å². The summed E-state index contributed by atoms with van der Waals surface area (Å²) in [5.74, 6) is -1.12. The summed E-state index contributed by atoms with van der Waals surface area (Å²) >= 11 is 19.1. The van der Waals surface area contributed by atoms with Crippen LogP contribution in [0.25, 0.3) is 0 Å². The summed E-state index contributed by atoms with van der Waals surface area (Å²) in [4.78, 5) is 45.3. The Hall–Kier alpha value is -2.84. The van der Waals surface area contributed by atoms with Crippen LogP contribution in [0.1, 0.15) is 20.7 Å². The Bertz CT molecular complexity index is 1140. The molecule has 10 heteroatoms. The molecular formula is C20H14Cl3N3O4. The second kappa shape index (κ2) is 9.32. The van der Waals surface area contributed by atoms with Gasteiger partial charge in [-0.15, -0.1) is 0 Å². The lowest BCUT2D eigenvalue weighted by Crippen LogP contribution is -2.28. The number of H-pyrrole nitrogens is 1. The van der Waals surface area contributed by atoms with Crippen molar-refractivity contribution in [2.75, 3.05) is 12.0 Å². The number of anilines is 2. The Kier molecular flexibility index (Phi) is 6.79. The number of amides is 2. The van der Waals surface area contributed by atoms with E-state index in [0.717, 1.165) is 0 Å². The van der Waals surface area contributed by atoms with Crippen molar-refractivity contribution in [1.82, 2.24) is 10.5 Å². The molecule has 0 unspecified atom stereocenters. The lowest BCUT2D eigenvalue weighted by Gasteiger charge is -2.26. The van der Waals surface area contributed by atoms with Crippen LogP contribution < -0.4 is 15.9 Å². The summed E-state index contributed by atoms with van der Waals surface area (Å²) < 4.78 is 0. The molecule has 0 bridgehead atoms. The van der Waals surface area contributed by atoms with Gasteiger partial charge >= 0.3 is 0 Å². The predicted molar refractivity (Wildman–Crippen MR) is 116 cm³/mol. The highest BCUT2D eigenvalue weighted by atomic mass is 35.5. The number of halogens is 3. The molecule has 0 aliphatic rings. The van der Waals surface area contributed by atoms with Gasteiger partial charge in [0.2, 0.25) is 5.56 Å². The number of hydroxylamine groups is 1. The molecule has 0 atom stereocenters. The van der Waals surface area contributed by atoms with Crippen molar-refractivity contribution in [3.63, 3.8) is 0 Å². The van der Waals surface area contributed by atoms with E-state index in [2.05, 4.69) is 15.3 Å². The Labute approximate surface area is 186 Å². The van der Waals surface area contributed by atoms with Gasteiger partial charge in [-0.05, 0) is 36.4 Å². The van der Waals surface area contributed by atoms with Crippen LogP contribution in [0, 0.1) is 0 Å². The van der Waals surface area contributed by atoms with Gasteiger partial charge in [-0.2, -0.15) is 0 Å². The zero-order chi connectivity index (χ0) is 21.8. The second-order valence-electron chi connectivity index (χ2n) is 5.95. The average molecular weight is 467 g/mol. The predicted octanol–water partition coefficient (Wildman–Crippen LogP) is 4.60. The molecule has 0 spiro atoms. The number of hydrogen-bond donors (Lipinski definition) is 2. The van der Waals surface area contributed by atoms with E-state index in [9.17, 15) is 14.4 Å². The smallest absolute Gasteiger partial charge is 0.274 e. The van der Waals surface area contributed by atoms with Crippen LogP contribution in [0.4, 0.5) is 11.4 Å². The summed E-state index contributed by atoms with van der Waals surface area (Å²) in [5.41, 5.74) is 2.48. The topological polar surface area (TPSA) is 91.5 Å². The number of nitrogens with one attached hydrogen (secondary N) is 2. The van der Waals surface area contributed by atoms with E-state index >= 15 is 0 Å². The number of aromatic amines is 1. The molecular weight excluding hydrogens is 453 g/mol. The standard InChI is InChI=1S/C20H14Cl3N3O4/c1-30-25-19(28)11-5-7-13(21)16(9-11)26(18-14(22)3-2-4-15(18)23)20(29)12-6-8-17(27)24-10-12/h2-10H,1H3,(H,24,27)(H,25,28). The monoisotopic (exact) mass is 465 g/mol. The van der Waals surface area contributed by atoms with Gasteiger partial charge in [0.05, 0.1) is 39.1 Å². The number of pyridine rings is 1. The summed E-state index contributed by atoms with van der Waals surface area (Å²) in [6.45, 7) is 0. The fourth-order valence-electron chi connectivity index (χ4n) is 2.68. The highest BCUT2D eigenvalue weighted by molar-refractivity contribution is 6.41. The van der Waals surface area contributed by atoms with Crippen molar-refractivity contribution in [2.45, 2.75) is 0 Å². The third kappa shape index (κ3) is 4.49. The normalized spacial score (nSPS) is 10.5. The molecule has 0 aliphatic carbocycles. The Morgan fingerprint density at radius 3 is 2.23 bits per heavy atom. The highest BCUT2D eigenvalue weighted by Crippen LogP contribution is 2.41. The van der Waals surface area contributed by atoms with Gasteiger partial charge < -0.3 is 4.98 Å². The van der Waals surface area contributed by atoms with Gasteiger partial charge in [0.15, 0.2) is 0 Å². The fraction of sp³-hybridized carbons (Fsp3) is 0.0500. The van der Waals surface area contributed by atoms with Crippen molar-refractivity contribution in [1.29, 1.82) is 0 Å². The second-order valence-corrected chi connectivity index (χ2v) is 7.18. The molecule has 1 heterocycles. The van der Waals surface area contributed by atoms with Crippen LogP contribution in [-0.4, -0.2) is 23.9 Å². The first-order valence-corrected chi connectivity index (χ1v) is 9.57. The summed E-state index contributed by atoms with van der Waals surface area (Å²) in [6.07, 6.45) is 1.26. The lowest BCUT2D eigenvalue weighted by molar-refractivity contribution is 0.0537. The zero-order valence-electron chi connectivity index (χ0n) is 15.4. The molecule has 30 heavy (non-hydrogen) atoms. The molecule has 1 aromatic heterocycles. The molecule has 0 saturated heterocycles. The number of rotatable bonds is 5. The number of para-hydroxylation sites is 1. The number of nitrogens with zero attached hydrogens (tertiary/aromatic N) is 1. The molecule has 2 amide bonds. The van der Waals surface area contributed by atoms with E-state index in [0.29, 0.717) is 0 Å². The van der Waals surface area contributed by atoms with Gasteiger partial charge in [0.1, 0.15) is 0 Å². The maximum absolute atomic E-state index is 13.4. The van der Waals surface area contributed by atoms with Gasteiger partial charge in [0, 0.05) is 17.8 Å². The number of benzene rings is 2. The molecule has 7 nitrogen and oxygen atoms in total. The van der Waals surface area contributed by atoms with Gasteiger partial charge in [-0.1, -0.05) is 40.9 Å². The van der Waals surface area contributed by atoms with E-state index in [1.54, 1.807) is 18.2 Å². The third-order valence-corrected chi connectivity index (χ3v) is 4.97. The van der Waals surface area contributed by atoms with Crippen molar-refractivity contribution in [3.05, 3.63) is 91.3 Å². The lowest BCUT2D eigenvalue weighted by atomic mass is 10.1. The molecule has 3 aromatic rings. The Morgan fingerprint density at radius 1 is 0.967 bits per heavy atom. The SMILES string of the molecule is CONC(=O)c1ccc(Cl)c(N(C(=O)c2ccc(=O)[nH]c2)c2c(Cl)cccc2Cl)c1. The first kappa shape index (κ1) is 21.9. The number of hydrogen-bond acceptors (Lipinski definition) is 4. The van der Waals surface area contributed by atoms with Crippen molar-refractivity contribution >= 4 is 58.0 Å². The van der Waals surface area contributed by atoms with E-state index in [1.165, 1.54) is 48.5 Å². The quantitative estimate of drug-likeness (QED) is 0.537. The zero-order valence-corrected chi connectivity index (χ0v) is 17.7. The van der Waals surface area contributed by atoms with Gasteiger partial charge in [-0.25, -0.2) is 5.48 Å². The molecule has 0 radical (unpaired) electrons. The van der Waals surface area contributed by atoms with Crippen LogP contribution in [0.2, 0.25) is 15.1 Å². The average Bonchev–Trinajstić information content (AvgIpc) is 2.72. The minimum Gasteiger partial charge on any atom is -0.328 e. The Balaban J connectivity index is 2.24. The number of carbonyl (C=O) groups is 2. The summed E-state index contributed by atoms with van der Waals surface area (Å²) in [6, 6.07) is 11.6. The van der Waals surface area contributed by atoms with Crippen molar-refractivity contribution < 1.29 is 14.4 Å². The maximum Gasteiger partial charge on any atom is 0.274 e. The van der Waals surface area contributed by atoms with Gasteiger partial charge in [0.25, 0.3) is 11.8 Å². The molecule has 3 rings (SSSR count).